The molecule has 1 aliphatic rings. The number of morpholine rings is 1. The van der Waals surface area contributed by atoms with Gasteiger partial charge in [-0.3, -0.25) is 19.1 Å². The van der Waals surface area contributed by atoms with E-state index >= 15 is 0 Å². The van der Waals surface area contributed by atoms with Gasteiger partial charge in [-0.1, -0.05) is 12.1 Å². The van der Waals surface area contributed by atoms with E-state index in [4.69, 9.17) is 10.5 Å². The minimum absolute atomic E-state index is 0.0386. The van der Waals surface area contributed by atoms with Crippen molar-refractivity contribution in [3.8, 4) is 11.1 Å². The molecule has 0 aliphatic carbocycles. The predicted molar refractivity (Wildman–Crippen MR) is 130 cm³/mol. The van der Waals surface area contributed by atoms with Gasteiger partial charge < -0.3 is 15.5 Å². The quantitative estimate of drug-likeness (QED) is 0.436. The number of aryl methyl sites for hydroxylation is 1. The highest BCUT2D eigenvalue weighted by molar-refractivity contribution is 5.87. The summed E-state index contributed by atoms with van der Waals surface area (Å²) >= 11 is 0. The number of nitrogens with zero attached hydrogens (tertiary/aromatic N) is 4. The molecular formula is C25H28N6O3. The van der Waals surface area contributed by atoms with Crippen LogP contribution >= 0.6 is 0 Å². The standard InChI is InChI=1S/C25H28N6O3/c1-16(30-8-10-34-11-9-30)14-31-15-27-20-4-2-17(12-19(20)25(31)33)18-3-5-21-22(13-18)29-24(28-21)7-6-23(26)32/h2-5,12-13,15-16H,6-11,14H2,1H3,(H2,26,32)(H,28,29). The van der Waals surface area contributed by atoms with Crippen LogP contribution in [0.3, 0.4) is 0 Å². The molecule has 4 aromatic rings. The van der Waals surface area contributed by atoms with Crippen LogP contribution in [-0.2, 0) is 22.5 Å². The first-order chi connectivity index (χ1) is 16.5. The third-order valence-electron chi connectivity index (χ3n) is 6.43. The molecule has 0 spiro atoms. The predicted octanol–water partition coefficient (Wildman–Crippen LogP) is 2.08. The summed E-state index contributed by atoms with van der Waals surface area (Å²) in [7, 11) is 0. The maximum Gasteiger partial charge on any atom is 0.261 e. The SMILES string of the molecule is CC(Cn1cnc2ccc(-c3ccc4nc(CCC(N)=O)[nH]c4c3)cc2c1=O)N1CCOCC1. The van der Waals surface area contributed by atoms with E-state index in [-0.39, 0.29) is 23.9 Å². The van der Waals surface area contributed by atoms with Crippen LogP contribution in [0.5, 0.6) is 0 Å². The van der Waals surface area contributed by atoms with Gasteiger partial charge in [0, 0.05) is 38.5 Å². The Bertz CT molecular complexity index is 1400. The van der Waals surface area contributed by atoms with Gasteiger partial charge in [-0.05, 0) is 42.3 Å². The minimum Gasteiger partial charge on any atom is -0.379 e. The average molecular weight is 461 g/mol. The number of amides is 1. The molecule has 2 aromatic carbocycles. The third-order valence-corrected chi connectivity index (χ3v) is 6.43. The summed E-state index contributed by atoms with van der Waals surface area (Å²) in [5.41, 5.74) is 9.49. The van der Waals surface area contributed by atoms with Crippen LogP contribution in [-0.4, -0.2) is 62.7 Å². The number of fused-ring (bicyclic) bond motifs is 2. The van der Waals surface area contributed by atoms with Crippen molar-refractivity contribution in [2.75, 3.05) is 26.3 Å². The van der Waals surface area contributed by atoms with Gasteiger partial charge in [-0.2, -0.15) is 0 Å². The van der Waals surface area contributed by atoms with Gasteiger partial charge in [0.2, 0.25) is 5.91 Å². The normalized spacial score (nSPS) is 15.7. The number of hydrogen-bond acceptors (Lipinski definition) is 6. The van der Waals surface area contributed by atoms with Crippen LogP contribution in [0.2, 0.25) is 0 Å². The molecule has 1 unspecified atom stereocenters. The van der Waals surface area contributed by atoms with E-state index in [9.17, 15) is 9.59 Å². The first-order valence-electron chi connectivity index (χ1n) is 11.6. The fourth-order valence-corrected chi connectivity index (χ4v) is 4.49. The molecule has 1 fully saturated rings. The zero-order valence-electron chi connectivity index (χ0n) is 19.2. The Morgan fingerprint density at radius 2 is 1.88 bits per heavy atom. The number of benzene rings is 2. The first-order valence-corrected chi connectivity index (χ1v) is 11.6. The van der Waals surface area contributed by atoms with E-state index in [1.807, 2.05) is 36.4 Å². The summed E-state index contributed by atoms with van der Waals surface area (Å²) in [6.07, 6.45) is 2.37. The lowest BCUT2D eigenvalue weighted by Gasteiger charge is -2.32. The monoisotopic (exact) mass is 460 g/mol. The molecule has 0 bridgehead atoms. The molecule has 1 saturated heterocycles. The lowest BCUT2D eigenvalue weighted by molar-refractivity contribution is -0.118. The summed E-state index contributed by atoms with van der Waals surface area (Å²) in [4.78, 5) is 39.0. The summed E-state index contributed by atoms with van der Waals surface area (Å²) in [5.74, 6) is 0.377. The lowest BCUT2D eigenvalue weighted by Crippen LogP contribution is -2.45. The number of primary amides is 1. The zero-order chi connectivity index (χ0) is 23.7. The van der Waals surface area contributed by atoms with Gasteiger partial charge >= 0.3 is 0 Å². The molecule has 34 heavy (non-hydrogen) atoms. The highest BCUT2D eigenvalue weighted by atomic mass is 16.5. The van der Waals surface area contributed by atoms with Crippen molar-refractivity contribution < 1.29 is 9.53 Å². The number of ether oxygens (including phenoxy) is 1. The highest BCUT2D eigenvalue weighted by Crippen LogP contribution is 2.25. The Balaban J connectivity index is 1.43. The van der Waals surface area contributed by atoms with Gasteiger partial charge in [0.1, 0.15) is 5.82 Å². The second kappa shape index (κ2) is 9.36. The summed E-state index contributed by atoms with van der Waals surface area (Å²) in [6, 6.07) is 11.9. The van der Waals surface area contributed by atoms with E-state index in [0.717, 1.165) is 54.3 Å². The van der Waals surface area contributed by atoms with Crippen molar-refractivity contribution >= 4 is 27.8 Å². The van der Waals surface area contributed by atoms with Crippen LogP contribution in [0.25, 0.3) is 33.1 Å². The third kappa shape index (κ3) is 4.57. The Morgan fingerprint density at radius 1 is 1.15 bits per heavy atom. The van der Waals surface area contributed by atoms with Gasteiger partial charge in [0.15, 0.2) is 0 Å². The topological polar surface area (TPSA) is 119 Å². The molecule has 9 nitrogen and oxygen atoms in total. The van der Waals surface area contributed by atoms with Crippen LogP contribution < -0.4 is 11.3 Å². The van der Waals surface area contributed by atoms with Crippen molar-refractivity contribution in [1.82, 2.24) is 24.4 Å². The summed E-state index contributed by atoms with van der Waals surface area (Å²) in [6.45, 7) is 5.93. The van der Waals surface area contributed by atoms with E-state index in [1.165, 1.54) is 0 Å². The molecule has 3 heterocycles. The maximum absolute atomic E-state index is 13.3. The largest absolute Gasteiger partial charge is 0.379 e. The van der Waals surface area contributed by atoms with Gasteiger partial charge in [0.25, 0.3) is 5.56 Å². The molecule has 0 saturated carbocycles. The number of carbonyl (C=O) groups is 1. The van der Waals surface area contributed by atoms with Crippen molar-refractivity contribution in [1.29, 1.82) is 0 Å². The molecule has 176 valence electrons. The molecule has 1 atom stereocenters. The van der Waals surface area contributed by atoms with Crippen LogP contribution in [0, 0.1) is 0 Å². The molecule has 5 rings (SSSR count). The van der Waals surface area contributed by atoms with E-state index in [1.54, 1.807) is 10.9 Å². The number of aromatic nitrogens is 4. The second-order valence-corrected chi connectivity index (χ2v) is 8.81. The smallest absolute Gasteiger partial charge is 0.261 e. The Kier molecular flexibility index (Phi) is 6.12. The molecule has 2 aromatic heterocycles. The lowest BCUT2D eigenvalue weighted by atomic mass is 10.0. The van der Waals surface area contributed by atoms with Crippen LogP contribution in [0.15, 0.2) is 47.5 Å². The number of nitrogens with one attached hydrogen (secondary N) is 1. The molecule has 9 heteroatoms. The Morgan fingerprint density at radius 3 is 2.65 bits per heavy atom. The summed E-state index contributed by atoms with van der Waals surface area (Å²) in [5, 5.41) is 0.598. The van der Waals surface area contributed by atoms with E-state index in [0.29, 0.717) is 23.9 Å². The van der Waals surface area contributed by atoms with Crippen molar-refractivity contribution in [2.24, 2.45) is 5.73 Å². The highest BCUT2D eigenvalue weighted by Gasteiger charge is 2.18. The fourth-order valence-electron chi connectivity index (χ4n) is 4.49. The van der Waals surface area contributed by atoms with Crippen LogP contribution in [0.1, 0.15) is 19.2 Å². The second-order valence-electron chi connectivity index (χ2n) is 8.81. The molecule has 1 aliphatic heterocycles. The number of aromatic amines is 1. The van der Waals surface area contributed by atoms with Crippen molar-refractivity contribution in [3.05, 3.63) is 58.9 Å². The molecule has 0 radical (unpaired) electrons. The van der Waals surface area contributed by atoms with Gasteiger partial charge in [0.05, 0.1) is 41.5 Å². The van der Waals surface area contributed by atoms with E-state index < -0.39 is 0 Å². The number of H-pyrrole nitrogens is 1. The molecule has 3 N–H and O–H groups in total. The van der Waals surface area contributed by atoms with Crippen molar-refractivity contribution in [3.63, 3.8) is 0 Å². The van der Waals surface area contributed by atoms with Crippen molar-refractivity contribution in [2.45, 2.75) is 32.4 Å². The molecular weight excluding hydrogens is 432 g/mol. The number of rotatable bonds is 7. The first kappa shape index (κ1) is 22.2. The number of hydrogen-bond donors (Lipinski definition) is 2. The maximum atomic E-state index is 13.3. The van der Waals surface area contributed by atoms with Crippen LogP contribution in [0.4, 0.5) is 0 Å². The average Bonchev–Trinajstić information content (AvgIpc) is 3.27. The summed E-state index contributed by atoms with van der Waals surface area (Å²) < 4.78 is 7.14. The fraction of sp³-hybridized carbons (Fsp3) is 0.360. The Labute approximate surface area is 196 Å². The van der Waals surface area contributed by atoms with E-state index in [2.05, 4.69) is 26.8 Å². The zero-order valence-corrected chi connectivity index (χ0v) is 19.2. The number of imidazole rings is 1. The minimum atomic E-state index is -0.351. The van der Waals surface area contributed by atoms with Gasteiger partial charge in [-0.15, -0.1) is 0 Å². The Hall–Kier alpha value is -3.56. The number of nitrogens with two attached hydrogens (primary N) is 1. The number of carbonyl (C=O) groups excluding carboxylic acids is 1. The van der Waals surface area contributed by atoms with Gasteiger partial charge in [-0.25, -0.2) is 9.97 Å². The molecule has 1 amide bonds.